The fourth-order valence-corrected chi connectivity index (χ4v) is 3.00. The van der Waals surface area contributed by atoms with Crippen molar-refractivity contribution in [3.05, 3.63) is 83.7 Å². The third kappa shape index (κ3) is 6.38. The van der Waals surface area contributed by atoms with Crippen LogP contribution in [0.3, 0.4) is 0 Å². The van der Waals surface area contributed by atoms with Gasteiger partial charge in [0.25, 0.3) is 0 Å². The van der Waals surface area contributed by atoms with Gasteiger partial charge in [-0.15, -0.1) is 0 Å². The van der Waals surface area contributed by atoms with Crippen LogP contribution in [0.1, 0.15) is 30.0 Å². The highest BCUT2D eigenvalue weighted by atomic mass is 16.5. The van der Waals surface area contributed by atoms with Crippen LogP contribution in [-0.4, -0.2) is 29.4 Å². The first-order valence-corrected chi connectivity index (χ1v) is 9.99. The Morgan fingerprint density at radius 2 is 1.86 bits per heavy atom. The summed E-state index contributed by atoms with van der Waals surface area (Å²) in [6.45, 7) is 4.96. The minimum Gasteiger partial charge on any atom is -0.494 e. The van der Waals surface area contributed by atoms with Crippen molar-refractivity contribution in [2.45, 2.75) is 33.0 Å². The van der Waals surface area contributed by atoms with Crippen molar-refractivity contribution < 1.29 is 4.74 Å². The van der Waals surface area contributed by atoms with Gasteiger partial charge in [-0.25, -0.2) is 0 Å². The minimum absolute atomic E-state index is 0.679. The molecule has 3 rings (SSSR count). The molecule has 0 aliphatic heterocycles. The second kappa shape index (κ2) is 10.9. The molecule has 2 N–H and O–H groups in total. The van der Waals surface area contributed by atoms with Gasteiger partial charge in [-0.2, -0.15) is 5.10 Å². The van der Waals surface area contributed by atoms with Gasteiger partial charge in [-0.1, -0.05) is 43.3 Å². The molecule has 0 saturated heterocycles. The smallest absolute Gasteiger partial charge is 0.191 e. The normalized spacial score (nSPS) is 11.3. The van der Waals surface area contributed by atoms with Crippen LogP contribution >= 0.6 is 0 Å². The Morgan fingerprint density at radius 1 is 1.03 bits per heavy atom. The Bertz CT molecular complexity index is 905. The summed E-state index contributed by atoms with van der Waals surface area (Å²) in [5.41, 5.74) is 3.61. The predicted molar refractivity (Wildman–Crippen MR) is 117 cm³/mol. The lowest BCUT2D eigenvalue weighted by Gasteiger charge is -2.15. The molecule has 1 aromatic heterocycles. The van der Waals surface area contributed by atoms with Crippen LogP contribution in [0.15, 0.2) is 72.0 Å². The summed E-state index contributed by atoms with van der Waals surface area (Å²) in [6, 6.07) is 18.5. The van der Waals surface area contributed by atoms with E-state index in [1.165, 1.54) is 11.1 Å². The molecule has 0 amide bonds. The van der Waals surface area contributed by atoms with Crippen molar-refractivity contribution in [3.63, 3.8) is 0 Å². The Hall–Kier alpha value is -3.28. The van der Waals surface area contributed by atoms with E-state index in [4.69, 9.17) is 4.74 Å². The van der Waals surface area contributed by atoms with Crippen molar-refractivity contribution >= 4 is 5.96 Å². The van der Waals surface area contributed by atoms with Crippen LogP contribution in [0.25, 0.3) is 0 Å². The van der Waals surface area contributed by atoms with Crippen LogP contribution in [-0.2, 0) is 19.6 Å². The predicted octanol–water partition coefficient (Wildman–Crippen LogP) is 3.59. The molecule has 3 aromatic rings. The molecule has 0 aliphatic carbocycles. The maximum absolute atomic E-state index is 5.71. The van der Waals surface area contributed by atoms with Crippen molar-refractivity contribution in [2.24, 2.45) is 4.99 Å². The quantitative estimate of drug-likeness (QED) is 0.432. The molecule has 0 atom stereocenters. The highest BCUT2D eigenvalue weighted by molar-refractivity contribution is 5.79. The van der Waals surface area contributed by atoms with E-state index in [-0.39, 0.29) is 0 Å². The summed E-state index contributed by atoms with van der Waals surface area (Å²) in [5.74, 6) is 1.67. The van der Waals surface area contributed by atoms with E-state index in [1.54, 1.807) is 13.2 Å². The van der Waals surface area contributed by atoms with E-state index in [0.717, 1.165) is 36.8 Å². The van der Waals surface area contributed by atoms with Gasteiger partial charge in [0.1, 0.15) is 5.75 Å². The zero-order chi connectivity index (χ0) is 20.3. The fourth-order valence-electron chi connectivity index (χ4n) is 3.00. The molecule has 29 heavy (non-hydrogen) atoms. The lowest BCUT2D eigenvalue weighted by atomic mass is 10.1. The van der Waals surface area contributed by atoms with E-state index in [0.29, 0.717) is 13.1 Å². The van der Waals surface area contributed by atoms with Crippen LogP contribution in [0.5, 0.6) is 5.75 Å². The molecule has 0 spiro atoms. The number of guanidine groups is 1. The van der Waals surface area contributed by atoms with Gasteiger partial charge in [0.15, 0.2) is 5.96 Å². The van der Waals surface area contributed by atoms with Gasteiger partial charge in [-0.05, 0) is 41.3 Å². The average Bonchev–Trinajstić information content (AvgIpc) is 3.27. The second-order valence-electron chi connectivity index (χ2n) is 6.75. The van der Waals surface area contributed by atoms with Crippen LogP contribution in [0, 0.1) is 0 Å². The van der Waals surface area contributed by atoms with Gasteiger partial charge < -0.3 is 15.4 Å². The largest absolute Gasteiger partial charge is 0.494 e. The van der Waals surface area contributed by atoms with Crippen LogP contribution in [0.4, 0.5) is 0 Å². The number of hydrogen-bond donors (Lipinski definition) is 2. The second-order valence-corrected chi connectivity index (χ2v) is 6.75. The molecule has 0 aliphatic rings. The molecule has 0 saturated carbocycles. The first-order chi connectivity index (χ1) is 14.3. The first kappa shape index (κ1) is 20.5. The molecule has 0 unspecified atom stereocenters. The summed E-state index contributed by atoms with van der Waals surface area (Å²) in [4.78, 5) is 4.34. The number of nitrogens with zero attached hydrogens (tertiary/aromatic N) is 3. The number of benzene rings is 2. The maximum Gasteiger partial charge on any atom is 0.191 e. The van der Waals surface area contributed by atoms with E-state index in [9.17, 15) is 0 Å². The number of rotatable bonds is 9. The van der Waals surface area contributed by atoms with E-state index < -0.39 is 0 Å². The number of aromatic nitrogens is 2. The molecule has 6 nitrogen and oxygen atoms in total. The first-order valence-electron chi connectivity index (χ1n) is 9.99. The van der Waals surface area contributed by atoms with Crippen LogP contribution in [0.2, 0.25) is 0 Å². The molecular weight excluding hydrogens is 362 g/mol. The topological polar surface area (TPSA) is 63.5 Å². The number of hydrogen-bond acceptors (Lipinski definition) is 3. The Balaban J connectivity index is 1.55. The third-order valence-electron chi connectivity index (χ3n) is 4.51. The van der Waals surface area contributed by atoms with Crippen molar-refractivity contribution in [3.8, 4) is 5.75 Å². The minimum atomic E-state index is 0.679. The van der Waals surface area contributed by atoms with Crippen molar-refractivity contribution in [1.82, 2.24) is 20.4 Å². The summed E-state index contributed by atoms with van der Waals surface area (Å²) in [6.07, 6.45) is 4.78. The van der Waals surface area contributed by atoms with Crippen molar-refractivity contribution in [1.29, 1.82) is 0 Å². The molecule has 152 valence electrons. The Morgan fingerprint density at radius 3 is 2.62 bits per heavy atom. The van der Waals surface area contributed by atoms with Crippen LogP contribution < -0.4 is 15.4 Å². The highest BCUT2D eigenvalue weighted by Gasteiger charge is 2.05. The molecule has 1 heterocycles. The maximum atomic E-state index is 5.71. The van der Waals surface area contributed by atoms with E-state index >= 15 is 0 Å². The molecule has 0 bridgehead atoms. The summed E-state index contributed by atoms with van der Waals surface area (Å²) in [7, 11) is 1.78. The lowest BCUT2D eigenvalue weighted by molar-refractivity contribution is 0.317. The summed E-state index contributed by atoms with van der Waals surface area (Å²) < 4.78 is 7.64. The monoisotopic (exact) mass is 391 g/mol. The molecular formula is C23H29N5O. The van der Waals surface area contributed by atoms with Gasteiger partial charge >= 0.3 is 0 Å². The van der Waals surface area contributed by atoms with Gasteiger partial charge in [-0.3, -0.25) is 9.67 Å². The SMILES string of the molecule is CCCOc1cccc(CNC(=NC)NCc2ccccc2Cn2cccn2)c1. The van der Waals surface area contributed by atoms with E-state index in [2.05, 4.69) is 64.0 Å². The lowest BCUT2D eigenvalue weighted by Crippen LogP contribution is -2.36. The molecule has 0 fully saturated rings. The molecule has 6 heteroatoms. The Kier molecular flexibility index (Phi) is 7.69. The average molecular weight is 392 g/mol. The number of nitrogens with one attached hydrogen (secondary N) is 2. The van der Waals surface area contributed by atoms with Gasteiger partial charge in [0.2, 0.25) is 0 Å². The fraction of sp³-hybridized carbons (Fsp3) is 0.304. The van der Waals surface area contributed by atoms with Gasteiger partial charge in [0.05, 0.1) is 13.2 Å². The van der Waals surface area contributed by atoms with Crippen molar-refractivity contribution in [2.75, 3.05) is 13.7 Å². The Labute approximate surface area is 172 Å². The van der Waals surface area contributed by atoms with Gasteiger partial charge in [0, 0.05) is 32.5 Å². The molecule has 2 aromatic carbocycles. The zero-order valence-electron chi connectivity index (χ0n) is 17.1. The number of aliphatic imine (C=N–C) groups is 1. The zero-order valence-corrected chi connectivity index (χ0v) is 17.1. The third-order valence-corrected chi connectivity index (χ3v) is 4.51. The molecule has 0 radical (unpaired) electrons. The van der Waals surface area contributed by atoms with E-state index in [1.807, 2.05) is 29.1 Å². The standard InChI is InChI=1S/C23H29N5O/c1-3-14-29-22-11-6-8-19(15-22)16-25-23(24-2)26-17-20-9-4-5-10-21(20)18-28-13-7-12-27-28/h4-13,15H,3,14,16-18H2,1-2H3,(H2,24,25,26). The summed E-state index contributed by atoms with van der Waals surface area (Å²) in [5, 5.41) is 11.1. The summed E-state index contributed by atoms with van der Waals surface area (Å²) >= 11 is 0. The highest BCUT2D eigenvalue weighted by Crippen LogP contribution is 2.13. The number of ether oxygens (including phenoxy) is 1.